The van der Waals surface area contributed by atoms with Crippen LogP contribution in [-0.2, 0) is 4.79 Å². The third kappa shape index (κ3) is 3.99. The Kier molecular flexibility index (Phi) is 5.66. The summed E-state index contributed by atoms with van der Waals surface area (Å²) in [5, 5.41) is 1.45. The monoisotopic (exact) mass is 400 g/mol. The third-order valence-corrected chi connectivity index (χ3v) is 5.59. The van der Waals surface area contributed by atoms with Gasteiger partial charge < -0.3 is 9.47 Å². The molecule has 0 heterocycles. The average molecular weight is 400 g/mol. The van der Waals surface area contributed by atoms with Crippen LogP contribution in [0.4, 0.5) is 0 Å². The normalized spacial score (nSPS) is 13.9. The number of carbonyl (C=O) groups is 2. The van der Waals surface area contributed by atoms with Gasteiger partial charge in [0.05, 0.1) is 10.9 Å². The van der Waals surface area contributed by atoms with Crippen LogP contribution in [0, 0.1) is 6.92 Å². The Morgan fingerprint density at radius 1 is 0.733 bits per heavy atom. The van der Waals surface area contributed by atoms with Crippen molar-refractivity contribution in [1.29, 1.82) is 0 Å². The van der Waals surface area contributed by atoms with Gasteiger partial charge in [-0.2, -0.15) is 0 Å². The van der Waals surface area contributed by atoms with Crippen LogP contribution < -0.4 is 9.47 Å². The largest absolute Gasteiger partial charge is 0.422 e. The fourth-order valence-corrected chi connectivity index (χ4v) is 3.89. The second kappa shape index (κ2) is 8.54. The van der Waals surface area contributed by atoms with Crippen LogP contribution in [0.5, 0.6) is 11.5 Å². The number of allylic oxidation sites excluding steroid dienone is 1. The molecule has 0 fully saturated rings. The minimum atomic E-state index is -0.437. The fraction of sp³-hybridized carbons (Fsp3) is 0.231. The highest BCUT2D eigenvalue weighted by Gasteiger charge is 2.21. The summed E-state index contributed by atoms with van der Waals surface area (Å²) in [7, 11) is 0. The molecule has 4 nitrogen and oxygen atoms in total. The number of carbonyl (C=O) groups excluding carboxylic acids is 2. The minimum absolute atomic E-state index is 0.320. The fourth-order valence-electron chi connectivity index (χ4n) is 3.89. The molecule has 3 aromatic rings. The van der Waals surface area contributed by atoms with Crippen molar-refractivity contribution in [3.05, 3.63) is 82.9 Å². The number of esters is 2. The smallest absolute Gasteiger partial charge is 0.343 e. The second-order valence-corrected chi connectivity index (χ2v) is 7.67. The van der Waals surface area contributed by atoms with E-state index in [2.05, 4.69) is 0 Å². The molecular formula is C26H24O4. The van der Waals surface area contributed by atoms with Gasteiger partial charge in [0.1, 0.15) is 11.5 Å². The van der Waals surface area contributed by atoms with E-state index in [0.29, 0.717) is 22.4 Å². The Morgan fingerprint density at radius 3 is 2.03 bits per heavy atom. The standard InChI is InChI=1S/C26H24O4/c1-17-9-3-5-13-20(17)25(27)29-22-15-7-11-19-12-8-16-23(24(19)22)30-26(28)21-14-6-4-10-18(21)2/h3,5,7-9,11-13,15-16H,4,6,10,14H2,1-2H3. The number of hydrogen-bond acceptors (Lipinski definition) is 4. The predicted octanol–water partition coefficient (Wildman–Crippen LogP) is 6.16. The summed E-state index contributed by atoms with van der Waals surface area (Å²) >= 11 is 0. The van der Waals surface area contributed by atoms with Gasteiger partial charge in [0, 0.05) is 5.57 Å². The van der Waals surface area contributed by atoms with Gasteiger partial charge in [0.15, 0.2) is 0 Å². The SMILES string of the molecule is CC1=C(C(=O)Oc2cccc3cccc(OC(=O)c4ccccc4C)c23)CCCC1. The van der Waals surface area contributed by atoms with Crippen LogP contribution in [0.3, 0.4) is 0 Å². The van der Waals surface area contributed by atoms with Gasteiger partial charge in [-0.25, -0.2) is 9.59 Å². The van der Waals surface area contributed by atoms with Gasteiger partial charge in [-0.1, -0.05) is 48.0 Å². The maximum absolute atomic E-state index is 12.8. The minimum Gasteiger partial charge on any atom is -0.422 e. The number of ether oxygens (including phenoxy) is 2. The quantitative estimate of drug-likeness (QED) is 0.389. The predicted molar refractivity (Wildman–Crippen MR) is 117 cm³/mol. The van der Waals surface area contributed by atoms with Gasteiger partial charge in [0.2, 0.25) is 0 Å². The van der Waals surface area contributed by atoms with Crippen molar-refractivity contribution in [3.63, 3.8) is 0 Å². The Morgan fingerprint density at radius 2 is 1.37 bits per heavy atom. The third-order valence-electron chi connectivity index (χ3n) is 5.59. The lowest BCUT2D eigenvalue weighted by Gasteiger charge is -2.17. The number of rotatable bonds is 4. The molecule has 1 aliphatic carbocycles. The molecule has 0 spiro atoms. The van der Waals surface area contributed by atoms with Crippen LogP contribution >= 0.6 is 0 Å². The summed E-state index contributed by atoms with van der Waals surface area (Å²) in [6, 6.07) is 18.2. The molecule has 0 atom stereocenters. The molecule has 0 radical (unpaired) electrons. The first-order valence-electron chi connectivity index (χ1n) is 10.2. The molecule has 0 aromatic heterocycles. The molecule has 0 bridgehead atoms. The van der Waals surface area contributed by atoms with E-state index in [1.165, 1.54) is 0 Å². The molecule has 0 N–H and O–H groups in total. The summed E-state index contributed by atoms with van der Waals surface area (Å²) in [6.07, 6.45) is 3.77. The van der Waals surface area contributed by atoms with Gasteiger partial charge in [-0.3, -0.25) is 0 Å². The summed E-state index contributed by atoms with van der Waals surface area (Å²) in [6.45, 7) is 3.86. The molecule has 0 saturated heterocycles. The lowest BCUT2D eigenvalue weighted by atomic mass is 9.93. The molecule has 0 unspecified atom stereocenters. The molecule has 0 aliphatic heterocycles. The number of aryl methyl sites for hydroxylation is 1. The molecule has 0 saturated carbocycles. The first kappa shape index (κ1) is 19.9. The Hall–Kier alpha value is -3.40. The lowest BCUT2D eigenvalue weighted by Crippen LogP contribution is -2.16. The van der Waals surface area contributed by atoms with Crippen LogP contribution in [0.25, 0.3) is 10.8 Å². The summed E-state index contributed by atoms with van der Waals surface area (Å²) in [5.74, 6) is 0.0161. The maximum Gasteiger partial charge on any atom is 0.343 e. The first-order chi connectivity index (χ1) is 14.5. The summed E-state index contributed by atoms with van der Waals surface area (Å²) in [5.41, 5.74) is 3.20. The van der Waals surface area contributed by atoms with Crippen molar-refractivity contribution in [1.82, 2.24) is 0 Å². The van der Waals surface area contributed by atoms with E-state index in [4.69, 9.17) is 9.47 Å². The summed E-state index contributed by atoms with van der Waals surface area (Å²) in [4.78, 5) is 25.6. The molecule has 30 heavy (non-hydrogen) atoms. The topological polar surface area (TPSA) is 52.6 Å². The van der Waals surface area contributed by atoms with Gasteiger partial charge in [-0.15, -0.1) is 0 Å². The molecule has 4 heteroatoms. The van der Waals surface area contributed by atoms with E-state index in [9.17, 15) is 9.59 Å². The summed E-state index contributed by atoms with van der Waals surface area (Å²) < 4.78 is 11.5. The Balaban J connectivity index is 1.69. The van der Waals surface area contributed by atoms with Gasteiger partial charge in [-0.05, 0) is 68.7 Å². The Bertz CT molecular complexity index is 1150. The van der Waals surface area contributed by atoms with Crippen molar-refractivity contribution in [2.75, 3.05) is 0 Å². The molecule has 4 rings (SSSR count). The Labute approximate surface area is 176 Å². The number of hydrogen-bond donors (Lipinski definition) is 0. The van der Waals surface area contributed by atoms with Crippen LogP contribution in [0.1, 0.15) is 48.5 Å². The molecule has 3 aromatic carbocycles. The number of fused-ring (bicyclic) bond motifs is 1. The van der Waals surface area contributed by atoms with Crippen molar-refractivity contribution in [3.8, 4) is 11.5 Å². The molecule has 152 valence electrons. The molecule has 1 aliphatic rings. The number of benzene rings is 3. The van der Waals surface area contributed by atoms with Crippen LogP contribution in [-0.4, -0.2) is 11.9 Å². The van der Waals surface area contributed by atoms with E-state index in [1.54, 1.807) is 24.3 Å². The lowest BCUT2D eigenvalue weighted by molar-refractivity contribution is -0.130. The highest BCUT2D eigenvalue weighted by molar-refractivity contribution is 6.00. The highest BCUT2D eigenvalue weighted by Crippen LogP contribution is 2.36. The van der Waals surface area contributed by atoms with Crippen LogP contribution in [0.2, 0.25) is 0 Å². The zero-order chi connectivity index (χ0) is 21.1. The average Bonchev–Trinajstić information content (AvgIpc) is 2.74. The molecule has 0 amide bonds. The highest BCUT2D eigenvalue weighted by atomic mass is 16.5. The van der Waals surface area contributed by atoms with Crippen molar-refractivity contribution < 1.29 is 19.1 Å². The molecular weight excluding hydrogens is 376 g/mol. The van der Waals surface area contributed by atoms with E-state index < -0.39 is 5.97 Å². The second-order valence-electron chi connectivity index (χ2n) is 7.67. The van der Waals surface area contributed by atoms with E-state index in [0.717, 1.165) is 47.8 Å². The van der Waals surface area contributed by atoms with Crippen LogP contribution in [0.15, 0.2) is 71.8 Å². The van der Waals surface area contributed by atoms with Gasteiger partial charge in [0.25, 0.3) is 0 Å². The van der Waals surface area contributed by atoms with Gasteiger partial charge >= 0.3 is 11.9 Å². The van der Waals surface area contributed by atoms with E-state index in [1.807, 2.05) is 50.2 Å². The van der Waals surface area contributed by atoms with Crippen molar-refractivity contribution in [2.45, 2.75) is 39.5 Å². The zero-order valence-electron chi connectivity index (χ0n) is 17.2. The van der Waals surface area contributed by atoms with Crippen molar-refractivity contribution in [2.24, 2.45) is 0 Å². The van der Waals surface area contributed by atoms with E-state index in [-0.39, 0.29) is 5.97 Å². The maximum atomic E-state index is 12.8. The van der Waals surface area contributed by atoms with Crippen molar-refractivity contribution >= 4 is 22.7 Å². The first-order valence-corrected chi connectivity index (χ1v) is 10.2. The zero-order valence-corrected chi connectivity index (χ0v) is 17.2. The van der Waals surface area contributed by atoms with E-state index >= 15 is 0 Å².